The molecule has 0 saturated heterocycles. The highest BCUT2D eigenvalue weighted by Crippen LogP contribution is 2.35. The first-order valence-electron chi connectivity index (χ1n) is 11.0. The minimum atomic E-state index is 0.0471. The predicted molar refractivity (Wildman–Crippen MR) is 132 cm³/mol. The van der Waals surface area contributed by atoms with Crippen LogP contribution in [-0.2, 0) is 13.0 Å². The van der Waals surface area contributed by atoms with Gasteiger partial charge in [-0.2, -0.15) is 0 Å². The van der Waals surface area contributed by atoms with Crippen molar-refractivity contribution in [2.45, 2.75) is 19.9 Å². The third kappa shape index (κ3) is 3.91. The van der Waals surface area contributed by atoms with Crippen LogP contribution < -0.4 is 4.74 Å². The Labute approximate surface area is 199 Å². The van der Waals surface area contributed by atoms with Crippen molar-refractivity contribution in [2.75, 3.05) is 13.7 Å². The van der Waals surface area contributed by atoms with Gasteiger partial charge in [0, 0.05) is 23.8 Å². The molecule has 0 bridgehead atoms. The summed E-state index contributed by atoms with van der Waals surface area (Å²) in [6, 6.07) is 25.9. The number of amides is 1. The SMILES string of the molecule is COc1ccccc1-n1c(-c2ccc(Cl)cc2)cc(C(=O)N2CCc3ccccc3C2)c1C. The van der Waals surface area contributed by atoms with Crippen molar-refractivity contribution >= 4 is 17.5 Å². The van der Waals surface area contributed by atoms with Gasteiger partial charge in [0.2, 0.25) is 0 Å². The van der Waals surface area contributed by atoms with Crippen LogP contribution in [-0.4, -0.2) is 29.0 Å². The molecule has 1 aliphatic rings. The van der Waals surface area contributed by atoms with Gasteiger partial charge in [-0.1, -0.05) is 60.1 Å². The van der Waals surface area contributed by atoms with Crippen molar-refractivity contribution in [2.24, 2.45) is 0 Å². The summed E-state index contributed by atoms with van der Waals surface area (Å²) >= 11 is 6.15. The number of hydrogen-bond donors (Lipinski definition) is 0. The molecule has 1 amide bonds. The molecule has 5 heteroatoms. The number of rotatable bonds is 4. The second-order valence-corrected chi connectivity index (χ2v) is 8.72. The zero-order valence-corrected chi connectivity index (χ0v) is 19.5. The molecule has 1 aromatic heterocycles. The van der Waals surface area contributed by atoms with Crippen molar-refractivity contribution in [3.63, 3.8) is 0 Å². The summed E-state index contributed by atoms with van der Waals surface area (Å²) < 4.78 is 7.76. The van der Waals surface area contributed by atoms with Crippen molar-refractivity contribution < 1.29 is 9.53 Å². The van der Waals surface area contributed by atoms with Crippen molar-refractivity contribution in [3.05, 3.63) is 106 Å². The highest BCUT2D eigenvalue weighted by molar-refractivity contribution is 6.30. The molecule has 0 fully saturated rings. The summed E-state index contributed by atoms with van der Waals surface area (Å²) in [6.07, 6.45) is 0.873. The monoisotopic (exact) mass is 456 g/mol. The van der Waals surface area contributed by atoms with Gasteiger partial charge in [-0.15, -0.1) is 0 Å². The van der Waals surface area contributed by atoms with Crippen LogP contribution in [0, 0.1) is 6.92 Å². The van der Waals surface area contributed by atoms with Crippen LogP contribution in [0.1, 0.15) is 27.2 Å². The smallest absolute Gasteiger partial charge is 0.256 e. The van der Waals surface area contributed by atoms with E-state index in [-0.39, 0.29) is 5.91 Å². The van der Waals surface area contributed by atoms with Gasteiger partial charge < -0.3 is 14.2 Å². The fourth-order valence-electron chi connectivity index (χ4n) is 4.62. The van der Waals surface area contributed by atoms with E-state index in [2.05, 4.69) is 22.8 Å². The Kier molecular flexibility index (Phi) is 5.69. The van der Waals surface area contributed by atoms with Crippen LogP contribution in [0.4, 0.5) is 0 Å². The number of para-hydroxylation sites is 2. The van der Waals surface area contributed by atoms with E-state index >= 15 is 0 Å². The van der Waals surface area contributed by atoms with Gasteiger partial charge in [0.1, 0.15) is 5.75 Å². The third-order valence-electron chi connectivity index (χ3n) is 6.36. The first-order valence-corrected chi connectivity index (χ1v) is 11.4. The molecule has 2 heterocycles. The normalized spacial score (nSPS) is 13.0. The fourth-order valence-corrected chi connectivity index (χ4v) is 4.75. The largest absolute Gasteiger partial charge is 0.495 e. The van der Waals surface area contributed by atoms with Gasteiger partial charge >= 0.3 is 0 Å². The molecular formula is C28H25ClN2O2. The van der Waals surface area contributed by atoms with Gasteiger partial charge in [0.05, 0.1) is 24.1 Å². The van der Waals surface area contributed by atoms with E-state index in [0.29, 0.717) is 23.7 Å². The number of hydrogen-bond acceptors (Lipinski definition) is 2. The quantitative estimate of drug-likeness (QED) is 0.360. The Morgan fingerprint density at radius 1 is 0.939 bits per heavy atom. The summed E-state index contributed by atoms with van der Waals surface area (Å²) in [7, 11) is 1.66. The Morgan fingerprint density at radius 3 is 2.39 bits per heavy atom. The molecule has 4 nitrogen and oxygen atoms in total. The molecule has 1 aliphatic heterocycles. The van der Waals surface area contributed by atoms with Gasteiger partial charge in [0.15, 0.2) is 0 Å². The number of nitrogens with zero attached hydrogens (tertiary/aromatic N) is 2. The van der Waals surface area contributed by atoms with Crippen LogP contribution in [0.3, 0.4) is 0 Å². The Morgan fingerprint density at radius 2 is 1.64 bits per heavy atom. The minimum Gasteiger partial charge on any atom is -0.495 e. The standard InChI is InChI=1S/C28H25ClN2O2/c1-19-24(28(32)30-16-15-20-7-3-4-8-22(20)18-30)17-26(21-11-13-23(29)14-12-21)31(19)25-9-5-6-10-27(25)33-2/h3-14,17H,15-16,18H2,1-2H3. The molecule has 0 saturated carbocycles. The van der Waals surface area contributed by atoms with Gasteiger partial charge in [-0.25, -0.2) is 0 Å². The second-order valence-electron chi connectivity index (χ2n) is 8.29. The van der Waals surface area contributed by atoms with Crippen molar-refractivity contribution in [3.8, 4) is 22.7 Å². The highest BCUT2D eigenvalue weighted by Gasteiger charge is 2.27. The molecule has 0 radical (unpaired) electrons. The van der Waals surface area contributed by atoms with Gasteiger partial charge in [-0.05, 0) is 60.4 Å². The molecule has 4 aromatic rings. The second kappa shape index (κ2) is 8.80. The highest BCUT2D eigenvalue weighted by atomic mass is 35.5. The van der Waals surface area contributed by atoms with E-state index in [1.807, 2.05) is 72.5 Å². The van der Waals surface area contributed by atoms with E-state index in [9.17, 15) is 4.79 Å². The van der Waals surface area contributed by atoms with E-state index in [4.69, 9.17) is 16.3 Å². The van der Waals surface area contributed by atoms with Crippen molar-refractivity contribution in [1.29, 1.82) is 0 Å². The number of halogens is 1. The van der Waals surface area contributed by atoms with Crippen LogP contribution in [0.15, 0.2) is 78.9 Å². The summed E-state index contributed by atoms with van der Waals surface area (Å²) in [4.78, 5) is 15.7. The summed E-state index contributed by atoms with van der Waals surface area (Å²) in [5.74, 6) is 0.795. The third-order valence-corrected chi connectivity index (χ3v) is 6.61. The molecule has 3 aromatic carbocycles. The number of ether oxygens (including phenoxy) is 1. The molecule has 0 unspecified atom stereocenters. The number of carbonyl (C=O) groups is 1. The Bertz CT molecular complexity index is 1320. The molecule has 0 atom stereocenters. The number of fused-ring (bicyclic) bond motifs is 1. The van der Waals surface area contributed by atoms with E-state index < -0.39 is 0 Å². The lowest BCUT2D eigenvalue weighted by Crippen LogP contribution is -2.36. The molecule has 0 spiro atoms. The van der Waals surface area contributed by atoms with Gasteiger partial charge in [-0.3, -0.25) is 4.79 Å². The lowest BCUT2D eigenvalue weighted by atomic mass is 9.99. The van der Waals surface area contributed by atoms with E-state index in [1.165, 1.54) is 11.1 Å². The number of benzene rings is 3. The number of carbonyl (C=O) groups excluding carboxylic acids is 1. The summed E-state index contributed by atoms with van der Waals surface area (Å²) in [5, 5.41) is 0.675. The molecule has 166 valence electrons. The summed E-state index contributed by atoms with van der Waals surface area (Å²) in [5.41, 5.74) is 6.93. The fraction of sp³-hybridized carbons (Fsp3) is 0.179. The topological polar surface area (TPSA) is 34.5 Å². The molecule has 0 N–H and O–H groups in total. The van der Waals surface area contributed by atoms with Crippen LogP contribution >= 0.6 is 11.6 Å². The zero-order valence-electron chi connectivity index (χ0n) is 18.7. The average molecular weight is 457 g/mol. The van der Waals surface area contributed by atoms with Crippen LogP contribution in [0.5, 0.6) is 5.75 Å². The number of aromatic nitrogens is 1. The zero-order chi connectivity index (χ0) is 22.9. The Hall–Kier alpha value is -3.50. The van der Waals surface area contributed by atoms with Crippen LogP contribution in [0.2, 0.25) is 5.02 Å². The van der Waals surface area contributed by atoms with Crippen LogP contribution in [0.25, 0.3) is 16.9 Å². The first kappa shape index (κ1) is 21.4. The summed E-state index contributed by atoms with van der Waals surface area (Å²) in [6.45, 7) is 3.34. The van der Waals surface area contributed by atoms with E-state index in [1.54, 1.807) is 7.11 Å². The maximum Gasteiger partial charge on any atom is 0.256 e. The molecular weight excluding hydrogens is 432 g/mol. The Balaban J connectivity index is 1.62. The first-order chi connectivity index (χ1) is 16.1. The molecule has 0 aliphatic carbocycles. The average Bonchev–Trinajstić information content (AvgIpc) is 3.20. The predicted octanol–water partition coefficient (Wildman–Crippen LogP) is 6.31. The maximum absolute atomic E-state index is 13.7. The molecule has 5 rings (SSSR count). The van der Waals surface area contributed by atoms with Crippen molar-refractivity contribution in [1.82, 2.24) is 9.47 Å². The lowest BCUT2D eigenvalue weighted by Gasteiger charge is -2.29. The lowest BCUT2D eigenvalue weighted by molar-refractivity contribution is 0.0734. The van der Waals surface area contributed by atoms with E-state index in [0.717, 1.165) is 34.8 Å². The van der Waals surface area contributed by atoms with Gasteiger partial charge in [0.25, 0.3) is 5.91 Å². The number of methoxy groups -OCH3 is 1. The molecule has 33 heavy (non-hydrogen) atoms. The minimum absolute atomic E-state index is 0.0471. The maximum atomic E-state index is 13.7.